The number of carbonyl (C=O) groups excluding carboxylic acids is 1. The lowest BCUT2D eigenvalue weighted by atomic mass is 10.2. The van der Waals surface area contributed by atoms with Crippen molar-refractivity contribution >= 4 is 17.5 Å². The first-order valence-corrected chi connectivity index (χ1v) is 5.09. The molecule has 0 radical (unpaired) electrons. The van der Waals surface area contributed by atoms with Gasteiger partial charge < -0.3 is 16.4 Å². The molecule has 0 bridgehead atoms. The third-order valence-electron chi connectivity index (χ3n) is 2.33. The van der Waals surface area contributed by atoms with Crippen molar-refractivity contribution < 1.29 is 18.0 Å². The molecule has 1 aliphatic rings. The fourth-order valence-electron chi connectivity index (χ4n) is 1.58. The summed E-state index contributed by atoms with van der Waals surface area (Å²) in [6, 6.07) is 0.894. The van der Waals surface area contributed by atoms with Gasteiger partial charge in [0.15, 0.2) is 0 Å². The van der Waals surface area contributed by atoms with E-state index in [-0.39, 0.29) is 30.0 Å². The highest BCUT2D eigenvalue weighted by Crippen LogP contribution is 2.27. The topological polar surface area (TPSA) is 92.9 Å². The number of carbonyl (C=O) groups is 1. The molecule has 1 aromatic rings. The van der Waals surface area contributed by atoms with Gasteiger partial charge in [-0.25, -0.2) is 9.97 Å². The largest absolute Gasteiger partial charge is 0.451 e. The Labute approximate surface area is 99.8 Å². The predicted molar refractivity (Wildman–Crippen MR) is 56.5 cm³/mol. The number of nitrogens with one attached hydrogen (secondary N) is 2. The maximum Gasteiger partial charge on any atom is 0.451 e. The van der Waals surface area contributed by atoms with E-state index in [0.29, 0.717) is 6.54 Å². The number of nitrogens with zero attached hydrogens (tertiary/aromatic N) is 2. The average Bonchev–Trinajstić information content (AvgIpc) is 2.61. The van der Waals surface area contributed by atoms with Crippen LogP contribution in [0.2, 0.25) is 0 Å². The Morgan fingerprint density at radius 3 is 2.72 bits per heavy atom. The molecule has 1 fully saturated rings. The van der Waals surface area contributed by atoms with E-state index in [2.05, 4.69) is 20.6 Å². The van der Waals surface area contributed by atoms with E-state index >= 15 is 0 Å². The predicted octanol–water partition coefficient (Wildman–Crippen LogP) is 0.378. The summed E-state index contributed by atoms with van der Waals surface area (Å²) in [6.07, 6.45) is -4.47. The van der Waals surface area contributed by atoms with Crippen LogP contribution in [0.5, 0.6) is 0 Å². The number of nitrogens with two attached hydrogens (primary N) is 1. The van der Waals surface area contributed by atoms with Crippen molar-refractivity contribution in [2.75, 3.05) is 17.6 Å². The third-order valence-corrected chi connectivity index (χ3v) is 2.33. The molecule has 2 rings (SSSR count). The summed E-state index contributed by atoms with van der Waals surface area (Å²) in [5, 5.41) is 5.26. The molecule has 0 spiro atoms. The van der Waals surface area contributed by atoms with Gasteiger partial charge in [-0.05, 0) is 0 Å². The van der Waals surface area contributed by atoms with Crippen LogP contribution in [0.15, 0.2) is 6.07 Å². The molecule has 9 heteroatoms. The van der Waals surface area contributed by atoms with Crippen LogP contribution in [-0.2, 0) is 11.0 Å². The Morgan fingerprint density at radius 1 is 1.44 bits per heavy atom. The molecule has 1 amide bonds. The summed E-state index contributed by atoms with van der Waals surface area (Å²) in [5.74, 6) is -1.79. The zero-order valence-electron chi connectivity index (χ0n) is 9.08. The maximum absolute atomic E-state index is 12.4. The van der Waals surface area contributed by atoms with Crippen molar-refractivity contribution in [3.05, 3.63) is 11.9 Å². The van der Waals surface area contributed by atoms with Gasteiger partial charge >= 0.3 is 6.18 Å². The first-order chi connectivity index (χ1) is 8.34. The highest BCUT2D eigenvalue weighted by atomic mass is 19.4. The molecule has 1 aromatic heterocycles. The van der Waals surface area contributed by atoms with Crippen LogP contribution in [0, 0.1) is 0 Å². The minimum absolute atomic E-state index is 0.0451. The fourth-order valence-corrected chi connectivity index (χ4v) is 1.58. The monoisotopic (exact) mass is 261 g/mol. The highest BCUT2D eigenvalue weighted by molar-refractivity contribution is 5.79. The van der Waals surface area contributed by atoms with Crippen molar-refractivity contribution in [3.63, 3.8) is 0 Å². The van der Waals surface area contributed by atoms with Crippen LogP contribution in [-0.4, -0.2) is 28.5 Å². The second-order valence-electron chi connectivity index (χ2n) is 3.85. The Hall–Kier alpha value is -2.06. The van der Waals surface area contributed by atoms with Gasteiger partial charge in [0.1, 0.15) is 11.6 Å². The van der Waals surface area contributed by atoms with E-state index in [0.717, 1.165) is 0 Å². The number of amides is 1. The van der Waals surface area contributed by atoms with E-state index in [1.807, 2.05) is 0 Å². The van der Waals surface area contributed by atoms with Gasteiger partial charge in [-0.2, -0.15) is 13.2 Å². The fraction of sp³-hybridized carbons (Fsp3) is 0.444. The molecule has 0 saturated carbocycles. The summed E-state index contributed by atoms with van der Waals surface area (Å²) in [5.41, 5.74) is 5.28. The second-order valence-corrected chi connectivity index (χ2v) is 3.85. The lowest BCUT2D eigenvalue weighted by Crippen LogP contribution is -2.24. The summed E-state index contributed by atoms with van der Waals surface area (Å²) < 4.78 is 37.3. The van der Waals surface area contributed by atoms with Crippen LogP contribution in [0.1, 0.15) is 12.2 Å². The molecule has 18 heavy (non-hydrogen) atoms. The average molecular weight is 261 g/mol. The van der Waals surface area contributed by atoms with Crippen LogP contribution in [0.3, 0.4) is 0 Å². The molecule has 0 aliphatic carbocycles. The number of nitrogen functional groups attached to an aromatic ring is 1. The zero-order valence-corrected chi connectivity index (χ0v) is 9.08. The molecule has 2 heterocycles. The number of alkyl halides is 3. The Balaban J connectivity index is 2.18. The van der Waals surface area contributed by atoms with Crippen molar-refractivity contribution in [1.82, 2.24) is 15.3 Å². The molecule has 1 aliphatic heterocycles. The second kappa shape index (κ2) is 4.31. The van der Waals surface area contributed by atoms with Gasteiger partial charge in [-0.15, -0.1) is 0 Å². The first-order valence-electron chi connectivity index (χ1n) is 5.09. The lowest BCUT2D eigenvalue weighted by molar-refractivity contribution is -0.144. The summed E-state index contributed by atoms with van der Waals surface area (Å²) in [7, 11) is 0. The molecule has 4 N–H and O–H groups in total. The molecule has 98 valence electrons. The highest BCUT2D eigenvalue weighted by Gasteiger charge is 2.35. The van der Waals surface area contributed by atoms with Crippen molar-refractivity contribution in [2.24, 2.45) is 0 Å². The van der Waals surface area contributed by atoms with E-state index < -0.39 is 12.0 Å². The normalized spacial score (nSPS) is 19.7. The standard InChI is InChI=1S/C9H10F3N5O/c10-9(11,12)8-16-5(13)2-6(17-8)15-4-1-7(18)14-3-4/h2,4H,1,3H2,(H,14,18)(H3,13,15,16,17). The molecule has 1 saturated heterocycles. The molecular weight excluding hydrogens is 251 g/mol. The van der Waals surface area contributed by atoms with Crippen LogP contribution in [0.25, 0.3) is 0 Å². The molecule has 1 atom stereocenters. The van der Waals surface area contributed by atoms with Crippen molar-refractivity contribution in [3.8, 4) is 0 Å². The smallest absolute Gasteiger partial charge is 0.384 e. The minimum Gasteiger partial charge on any atom is -0.384 e. The van der Waals surface area contributed by atoms with E-state index in [9.17, 15) is 18.0 Å². The van der Waals surface area contributed by atoms with Gasteiger partial charge in [0.25, 0.3) is 0 Å². The number of hydrogen-bond acceptors (Lipinski definition) is 5. The Morgan fingerprint density at radius 2 is 2.17 bits per heavy atom. The van der Waals surface area contributed by atoms with E-state index in [1.165, 1.54) is 6.07 Å². The van der Waals surface area contributed by atoms with Crippen LogP contribution in [0.4, 0.5) is 24.8 Å². The van der Waals surface area contributed by atoms with Crippen LogP contribution >= 0.6 is 0 Å². The van der Waals surface area contributed by atoms with Gasteiger partial charge in [0.05, 0.1) is 6.04 Å². The van der Waals surface area contributed by atoms with Gasteiger partial charge in [0.2, 0.25) is 11.7 Å². The molecular formula is C9H10F3N5O. The summed E-state index contributed by atoms with van der Waals surface area (Å²) in [6.45, 7) is 0.337. The first kappa shape index (κ1) is 12.4. The minimum atomic E-state index is -4.66. The van der Waals surface area contributed by atoms with Crippen molar-refractivity contribution in [1.29, 1.82) is 0 Å². The van der Waals surface area contributed by atoms with E-state index in [1.54, 1.807) is 0 Å². The zero-order chi connectivity index (χ0) is 13.3. The summed E-state index contributed by atoms with van der Waals surface area (Å²) in [4.78, 5) is 17.4. The Kier molecular flexibility index (Phi) is 2.97. The van der Waals surface area contributed by atoms with Crippen LogP contribution < -0.4 is 16.4 Å². The summed E-state index contributed by atoms with van der Waals surface area (Å²) >= 11 is 0. The molecule has 0 aromatic carbocycles. The number of hydrogen-bond donors (Lipinski definition) is 3. The third kappa shape index (κ3) is 2.79. The van der Waals surface area contributed by atoms with Gasteiger partial charge in [0, 0.05) is 19.0 Å². The lowest BCUT2D eigenvalue weighted by Gasteiger charge is -2.13. The number of aromatic nitrogens is 2. The molecule has 1 unspecified atom stereocenters. The van der Waals surface area contributed by atoms with Gasteiger partial charge in [-0.1, -0.05) is 0 Å². The molecule has 6 nitrogen and oxygen atoms in total. The number of anilines is 2. The SMILES string of the molecule is Nc1cc(NC2CNC(=O)C2)nc(C(F)(F)F)n1. The van der Waals surface area contributed by atoms with E-state index in [4.69, 9.17) is 5.73 Å². The maximum atomic E-state index is 12.4. The number of rotatable bonds is 2. The number of halogens is 3. The quantitative estimate of drug-likeness (QED) is 0.715. The van der Waals surface area contributed by atoms with Gasteiger partial charge in [-0.3, -0.25) is 4.79 Å². The Bertz CT molecular complexity index is 476. The van der Waals surface area contributed by atoms with Crippen molar-refractivity contribution in [2.45, 2.75) is 18.6 Å².